The number of aryl methyl sites for hydroxylation is 1. The molecular weight excluding hydrogens is 318 g/mol. The molecule has 0 unspecified atom stereocenters. The fraction of sp³-hybridized carbons (Fsp3) is 0.545. The van der Waals surface area contributed by atoms with Crippen LogP contribution in [0.2, 0.25) is 0 Å². The van der Waals surface area contributed by atoms with Crippen LogP contribution in [0.1, 0.15) is 64.4 Å². The van der Waals surface area contributed by atoms with Gasteiger partial charge in [-0.3, -0.25) is 0 Å². The third-order valence-electron chi connectivity index (χ3n) is 5.22. The average molecular weight is 348 g/mol. The zero-order chi connectivity index (χ0) is 18.1. The van der Waals surface area contributed by atoms with Crippen molar-refractivity contribution in [2.45, 2.75) is 65.2 Å². The molecule has 0 bridgehead atoms. The van der Waals surface area contributed by atoms with Crippen molar-refractivity contribution in [1.82, 2.24) is 0 Å². The smallest absolute Gasteiger partial charge is 0.201 e. The van der Waals surface area contributed by atoms with Gasteiger partial charge in [-0.1, -0.05) is 50.0 Å². The van der Waals surface area contributed by atoms with Crippen molar-refractivity contribution in [3.63, 3.8) is 0 Å². The fourth-order valence-electron chi connectivity index (χ4n) is 3.66. The summed E-state index contributed by atoms with van der Waals surface area (Å²) in [7, 11) is 0. The maximum Gasteiger partial charge on any atom is 0.201 e. The van der Waals surface area contributed by atoms with Crippen molar-refractivity contribution in [2.75, 3.05) is 0 Å². The van der Waals surface area contributed by atoms with E-state index in [2.05, 4.69) is 19.1 Å². The van der Waals surface area contributed by atoms with Gasteiger partial charge in [0.2, 0.25) is 5.82 Å². The van der Waals surface area contributed by atoms with Crippen molar-refractivity contribution >= 4 is 0 Å². The topological polar surface area (TPSA) is 9.23 Å². The van der Waals surface area contributed by atoms with Crippen molar-refractivity contribution in [2.24, 2.45) is 11.8 Å². The molecule has 0 heterocycles. The second kappa shape index (κ2) is 10.4. The Hall–Kier alpha value is -1.64. The van der Waals surface area contributed by atoms with Gasteiger partial charge in [0.05, 0.1) is 6.26 Å². The van der Waals surface area contributed by atoms with Gasteiger partial charge < -0.3 is 4.74 Å². The summed E-state index contributed by atoms with van der Waals surface area (Å²) in [5.41, 5.74) is 0.459. The number of allylic oxidation sites excluding steroid dienone is 3. The van der Waals surface area contributed by atoms with Crippen LogP contribution in [-0.4, -0.2) is 0 Å². The molecule has 0 N–H and O–H groups in total. The molecule has 1 saturated carbocycles. The van der Waals surface area contributed by atoms with E-state index in [1.165, 1.54) is 50.9 Å². The lowest BCUT2D eigenvalue weighted by Gasteiger charge is -2.28. The molecule has 0 atom stereocenters. The molecule has 25 heavy (non-hydrogen) atoms. The van der Waals surface area contributed by atoms with Crippen LogP contribution in [0.25, 0.3) is 0 Å². The number of benzene rings is 1. The van der Waals surface area contributed by atoms with Gasteiger partial charge in [0.1, 0.15) is 0 Å². The molecule has 1 aromatic carbocycles. The minimum atomic E-state index is -0.886. The predicted octanol–water partition coefficient (Wildman–Crippen LogP) is 6.97. The fourth-order valence-corrected chi connectivity index (χ4v) is 3.66. The molecule has 0 aliphatic heterocycles. The molecule has 1 aliphatic carbocycles. The van der Waals surface area contributed by atoms with Crippen LogP contribution in [0, 0.1) is 23.5 Å². The molecule has 0 saturated heterocycles. The Morgan fingerprint density at radius 2 is 1.64 bits per heavy atom. The molecule has 0 spiro atoms. The average Bonchev–Trinajstić information content (AvgIpc) is 2.63. The Bertz CT molecular complexity index is 584. The summed E-state index contributed by atoms with van der Waals surface area (Å²) in [5, 5.41) is 0. The summed E-state index contributed by atoms with van der Waals surface area (Å²) in [6, 6.07) is 3.17. The van der Waals surface area contributed by atoms with Crippen LogP contribution >= 0.6 is 0 Å². The van der Waals surface area contributed by atoms with Gasteiger partial charge in [-0.05, 0) is 63.0 Å². The molecule has 2 rings (SSSR count). The summed E-state index contributed by atoms with van der Waals surface area (Å²) in [6.07, 6.45) is 16.3. The standard InChI is InChI=1S/C22H30F2O/c1-3-5-6-7-17-8-10-18(11-9-17)12-13-19-14-15-20(25-16-4-2)22(24)21(19)23/h3-5,14-18H,6-13H2,1-2H3. The molecule has 1 nitrogen and oxygen atoms in total. The van der Waals surface area contributed by atoms with Gasteiger partial charge in [0.15, 0.2) is 11.6 Å². The Kier molecular flexibility index (Phi) is 8.17. The van der Waals surface area contributed by atoms with E-state index in [1.807, 2.05) is 0 Å². The van der Waals surface area contributed by atoms with Gasteiger partial charge in [0.25, 0.3) is 0 Å². The molecule has 0 radical (unpaired) electrons. The van der Waals surface area contributed by atoms with Gasteiger partial charge >= 0.3 is 0 Å². The lowest BCUT2D eigenvalue weighted by molar-refractivity contribution is 0.253. The normalized spacial score (nSPS) is 21.3. The molecule has 0 amide bonds. The summed E-state index contributed by atoms with van der Waals surface area (Å²) < 4.78 is 33.3. The van der Waals surface area contributed by atoms with Crippen molar-refractivity contribution < 1.29 is 13.5 Å². The summed E-state index contributed by atoms with van der Waals surface area (Å²) >= 11 is 0. The summed E-state index contributed by atoms with van der Waals surface area (Å²) in [4.78, 5) is 0. The third kappa shape index (κ3) is 5.98. The molecule has 1 fully saturated rings. The highest BCUT2D eigenvalue weighted by molar-refractivity contribution is 5.31. The third-order valence-corrected chi connectivity index (χ3v) is 5.22. The van der Waals surface area contributed by atoms with E-state index < -0.39 is 11.6 Å². The maximum absolute atomic E-state index is 14.2. The zero-order valence-electron chi connectivity index (χ0n) is 15.4. The molecule has 1 aliphatic rings. The first-order chi connectivity index (χ1) is 12.2. The minimum absolute atomic E-state index is 0.0546. The molecule has 0 aromatic heterocycles. The number of hydrogen-bond donors (Lipinski definition) is 0. The van der Waals surface area contributed by atoms with E-state index in [0.717, 1.165) is 12.3 Å². The van der Waals surface area contributed by atoms with Crippen molar-refractivity contribution in [1.29, 1.82) is 0 Å². The van der Waals surface area contributed by atoms with Gasteiger partial charge in [-0.2, -0.15) is 4.39 Å². The first kappa shape index (κ1) is 19.7. The number of ether oxygens (including phenoxy) is 1. The summed E-state index contributed by atoms with van der Waals surface area (Å²) in [6.45, 7) is 3.83. The monoisotopic (exact) mass is 348 g/mol. The van der Waals surface area contributed by atoms with E-state index in [9.17, 15) is 8.78 Å². The lowest BCUT2D eigenvalue weighted by Crippen LogP contribution is -2.15. The van der Waals surface area contributed by atoms with Crippen LogP contribution in [0.3, 0.4) is 0 Å². The van der Waals surface area contributed by atoms with Gasteiger partial charge in [0, 0.05) is 0 Å². The van der Waals surface area contributed by atoms with Crippen LogP contribution in [0.5, 0.6) is 5.75 Å². The SMILES string of the molecule is CC=CCCC1CCC(CCc2ccc(OC=CC)c(F)c2F)CC1. The van der Waals surface area contributed by atoms with Crippen molar-refractivity contribution in [3.05, 3.63) is 53.8 Å². The number of hydrogen-bond acceptors (Lipinski definition) is 1. The Balaban J connectivity index is 1.81. The van der Waals surface area contributed by atoms with Crippen LogP contribution < -0.4 is 4.74 Å². The van der Waals surface area contributed by atoms with E-state index in [1.54, 1.807) is 19.1 Å². The highest BCUT2D eigenvalue weighted by Gasteiger charge is 2.21. The molecule has 1 aromatic rings. The zero-order valence-corrected chi connectivity index (χ0v) is 15.4. The Labute approximate surface area is 150 Å². The van der Waals surface area contributed by atoms with Crippen LogP contribution in [-0.2, 0) is 6.42 Å². The van der Waals surface area contributed by atoms with Crippen LogP contribution in [0.15, 0.2) is 36.6 Å². The molecule has 138 valence electrons. The summed E-state index contributed by atoms with van der Waals surface area (Å²) in [5.74, 6) is -0.227. The second-order valence-electron chi connectivity index (χ2n) is 7.01. The number of halogens is 2. The maximum atomic E-state index is 14.2. The second-order valence-corrected chi connectivity index (χ2v) is 7.01. The van der Waals surface area contributed by atoms with Crippen LogP contribution in [0.4, 0.5) is 8.78 Å². The first-order valence-corrected chi connectivity index (χ1v) is 9.51. The van der Waals surface area contributed by atoms with E-state index in [4.69, 9.17) is 4.74 Å². The first-order valence-electron chi connectivity index (χ1n) is 9.51. The van der Waals surface area contributed by atoms with E-state index in [0.29, 0.717) is 17.9 Å². The van der Waals surface area contributed by atoms with Crippen molar-refractivity contribution in [3.8, 4) is 5.75 Å². The molecular formula is C22H30F2O. The molecule has 3 heteroatoms. The Morgan fingerprint density at radius 1 is 0.960 bits per heavy atom. The largest absolute Gasteiger partial charge is 0.462 e. The number of rotatable bonds is 8. The Morgan fingerprint density at radius 3 is 2.28 bits per heavy atom. The quantitative estimate of drug-likeness (QED) is 0.364. The predicted molar refractivity (Wildman–Crippen MR) is 99.6 cm³/mol. The minimum Gasteiger partial charge on any atom is -0.462 e. The highest BCUT2D eigenvalue weighted by Crippen LogP contribution is 2.34. The lowest BCUT2D eigenvalue weighted by atomic mass is 9.78. The highest BCUT2D eigenvalue weighted by atomic mass is 19.2. The van der Waals surface area contributed by atoms with Gasteiger partial charge in [-0.25, -0.2) is 4.39 Å². The van der Waals surface area contributed by atoms with Gasteiger partial charge in [-0.15, -0.1) is 0 Å². The van der Waals surface area contributed by atoms with E-state index in [-0.39, 0.29) is 5.75 Å². The van der Waals surface area contributed by atoms with E-state index >= 15 is 0 Å².